The molecule has 2 aliphatic rings. The van der Waals surface area contributed by atoms with E-state index in [1.54, 1.807) is 0 Å². The minimum absolute atomic E-state index is 0.0254. The summed E-state index contributed by atoms with van der Waals surface area (Å²) in [4.78, 5) is 16.1. The highest BCUT2D eigenvalue weighted by molar-refractivity contribution is 6.39. The van der Waals surface area contributed by atoms with Gasteiger partial charge in [-0.15, -0.1) is 0 Å². The molecule has 2 aliphatic heterocycles. The van der Waals surface area contributed by atoms with Crippen molar-refractivity contribution in [3.63, 3.8) is 0 Å². The molecule has 2 aromatic rings. The first-order valence-corrected chi connectivity index (χ1v) is 10.7. The van der Waals surface area contributed by atoms with E-state index in [1.807, 2.05) is 18.2 Å². The Bertz CT molecular complexity index is 891. The molecule has 0 aromatic heterocycles. The number of hydrogen-bond acceptors (Lipinski definition) is 4. The van der Waals surface area contributed by atoms with Crippen LogP contribution in [0.25, 0.3) is 0 Å². The predicted molar refractivity (Wildman–Crippen MR) is 118 cm³/mol. The van der Waals surface area contributed by atoms with E-state index < -0.39 is 0 Å². The fourth-order valence-corrected chi connectivity index (χ4v) is 5.05. The maximum absolute atomic E-state index is 11.6. The molecule has 2 saturated heterocycles. The lowest BCUT2D eigenvalue weighted by Gasteiger charge is -2.42. The second-order valence-electron chi connectivity index (χ2n) is 8.22. The van der Waals surface area contributed by atoms with Crippen molar-refractivity contribution in [2.24, 2.45) is 5.92 Å². The molecule has 0 spiro atoms. The van der Waals surface area contributed by atoms with Gasteiger partial charge in [0.25, 0.3) is 0 Å². The number of anilines is 1. The van der Waals surface area contributed by atoms with Gasteiger partial charge in [0.1, 0.15) is 0 Å². The summed E-state index contributed by atoms with van der Waals surface area (Å²) in [5.74, 6) is 0.414. The maximum Gasteiger partial charge on any atom is 0.311 e. The number of hydrogen-bond donors (Lipinski definition) is 0. The predicted octanol–water partition coefficient (Wildman–Crippen LogP) is 4.82. The highest BCUT2D eigenvalue weighted by Gasteiger charge is 2.34. The molecular formula is C23H26Cl2N2O2. The van der Waals surface area contributed by atoms with Crippen molar-refractivity contribution in [2.75, 3.05) is 38.2 Å². The number of halogens is 2. The van der Waals surface area contributed by atoms with Crippen LogP contribution in [-0.4, -0.2) is 44.2 Å². The van der Waals surface area contributed by atoms with Crippen molar-refractivity contribution < 1.29 is 9.53 Å². The van der Waals surface area contributed by atoms with Crippen molar-refractivity contribution in [1.29, 1.82) is 0 Å². The van der Waals surface area contributed by atoms with E-state index >= 15 is 0 Å². The summed E-state index contributed by atoms with van der Waals surface area (Å²) in [5.41, 5.74) is 6.31. The monoisotopic (exact) mass is 432 g/mol. The molecule has 0 bridgehead atoms. The minimum Gasteiger partial charge on any atom is -0.469 e. The van der Waals surface area contributed by atoms with Crippen molar-refractivity contribution in [3.05, 3.63) is 62.6 Å². The summed E-state index contributed by atoms with van der Waals surface area (Å²) in [6, 6.07) is 10.3. The summed E-state index contributed by atoms with van der Waals surface area (Å²) in [6.45, 7) is 8.67. The van der Waals surface area contributed by atoms with Crippen molar-refractivity contribution in [3.8, 4) is 0 Å². The Kier molecular flexibility index (Phi) is 5.78. The summed E-state index contributed by atoms with van der Waals surface area (Å²) in [6.07, 6.45) is 0. The number of carbonyl (C=O) groups excluding carboxylic acids is 1. The number of carbonyl (C=O) groups is 1. The lowest BCUT2D eigenvalue weighted by molar-refractivity contribution is -0.151. The van der Waals surface area contributed by atoms with E-state index in [-0.39, 0.29) is 11.9 Å². The van der Waals surface area contributed by atoms with Crippen molar-refractivity contribution in [2.45, 2.75) is 26.3 Å². The van der Waals surface area contributed by atoms with Gasteiger partial charge in [-0.1, -0.05) is 41.4 Å². The van der Waals surface area contributed by atoms with Gasteiger partial charge in [-0.3, -0.25) is 9.69 Å². The lowest BCUT2D eigenvalue weighted by atomic mass is 9.86. The van der Waals surface area contributed by atoms with Gasteiger partial charge in [0.2, 0.25) is 0 Å². The van der Waals surface area contributed by atoms with Gasteiger partial charge in [0.05, 0.1) is 28.8 Å². The third-order valence-electron chi connectivity index (χ3n) is 6.20. The Hall–Kier alpha value is -1.75. The van der Waals surface area contributed by atoms with Gasteiger partial charge in [-0.25, -0.2) is 0 Å². The van der Waals surface area contributed by atoms with Gasteiger partial charge in [0.15, 0.2) is 0 Å². The van der Waals surface area contributed by atoms with Gasteiger partial charge in [-0.2, -0.15) is 0 Å². The van der Waals surface area contributed by atoms with E-state index in [2.05, 4.69) is 35.8 Å². The molecule has 0 atom stereocenters. The van der Waals surface area contributed by atoms with E-state index in [9.17, 15) is 4.79 Å². The van der Waals surface area contributed by atoms with Crippen molar-refractivity contribution >= 4 is 34.9 Å². The zero-order valence-corrected chi connectivity index (χ0v) is 18.6. The topological polar surface area (TPSA) is 32.8 Å². The molecule has 0 N–H and O–H groups in total. The molecule has 154 valence electrons. The normalized spacial score (nSPS) is 17.8. The van der Waals surface area contributed by atoms with Crippen LogP contribution in [0.4, 0.5) is 5.69 Å². The number of rotatable bonds is 5. The van der Waals surface area contributed by atoms with Crippen LogP contribution in [-0.2, 0) is 16.1 Å². The van der Waals surface area contributed by atoms with Crippen LogP contribution in [0.15, 0.2) is 30.3 Å². The van der Waals surface area contributed by atoms with Gasteiger partial charge < -0.3 is 9.64 Å². The van der Waals surface area contributed by atoms with Crippen LogP contribution in [0, 0.1) is 19.8 Å². The Morgan fingerprint density at radius 2 is 1.66 bits per heavy atom. The van der Waals surface area contributed by atoms with Gasteiger partial charge >= 0.3 is 5.97 Å². The summed E-state index contributed by atoms with van der Waals surface area (Å²) in [5, 5.41) is 1.41. The summed E-state index contributed by atoms with van der Waals surface area (Å²) >= 11 is 12.7. The van der Waals surface area contributed by atoms with E-state index in [1.165, 1.54) is 29.4 Å². The average molecular weight is 433 g/mol. The maximum atomic E-state index is 11.6. The first kappa shape index (κ1) is 20.5. The van der Waals surface area contributed by atoms with E-state index in [4.69, 9.17) is 27.9 Å². The number of methoxy groups -OCH3 is 1. The fraction of sp³-hybridized carbons (Fsp3) is 0.435. The number of nitrogens with zero attached hydrogens (tertiary/aromatic N) is 2. The molecular weight excluding hydrogens is 407 g/mol. The first-order chi connectivity index (χ1) is 13.9. The Labute approximate surface area is 182 Å². The quantitative estimate of drug-likeness (QED) is 0.634. The second-order valence-corrected chi connectivity index (χ2v) is 9.03. The zero-order chi connectivity index (χ0) is 20.7. The number of ether oxygens (including phenoxy) is 1. The average Bonchev–Trinajstić information content (AvgIpc) is 2.60. The molecule has 0 aliphatic carbocycles. The molecule has 0 saturated carbocycles. The lowest BCUT2D eigenvalue weighted by Crippen LogP contribution is -2.50. The Balaban J connectivity index is 1.40. The van der Waals surface area contributed by atoms with Crippen LogP contribution in [0.2, 0.25) is 10.0 Å². The van der Waals surface area contributed by atoms with E-state index in [0.29, 0.717) is 16.0 Å². The molecule has 0 amide bonds. The zero-order valence-electron chi connectivity index (χ0n) is 17.0. The third kappa shape index (κ3) is 3.98. The van der Waals surface area contributed by atoms with E-state index in [0.717, 1.165) is 38.4 Å². The molecule has 2 aromatic carbocycles. The highest BCUT2D eigenvalue weighted by atomic mass is 35.5. The summed E-state index contributed by atoms with van der Waals surface area (Å²) < 4.78 is 4.83. The second kappa shape index (κ2) is 8.17. The van der Waals surface area contributed by atoms with Crippen LogP contribution in [0.1, 0.15) is 28.2 Å². The third-order valence-corrected chi connectivity index (χ3v) is 6.81. The van der Waals surface area contributed by atoms with Crippen LogP contribution in [0.3, 0.4) is 0 Å². The standard InChI is InChI=1S/C23H26Cl2N2O2/c1-14-7-16(17-11-27(12-17)22-20(24)5-4-6-21(22)25)8-15(2)19(14)13-26-9-18(10-26)23(28)29-3/h4-8,17-18H,9-13H2,1-3H3. The number of para-hydroxylation sites is 1. The molecule has 2 heterocycles. The smallest absolute Gasteiger partial charge is 0.311 e. The number of aryl methyl sites for hydroxylation is 2. The van der Waals surface area contributed by atoms with Crippen LogP contribution < -0.4 is 4.90 Å². The minimum atomic E-state index is -0.0989. The van der Waals surface area contributed by atoms with Gasteiger partial charge in [-0.05, 0) is 48.2 Å². The Morgan fingerprint density at radius 3 is 2.21 bits per heavy atom. The SMILES string of the molecule is COC(=O)C1CN(Cc2c(C)cc(C3CN(c4c(Cl)cccc4Cl)C3)cc2C)C1. The molecule has 2 fully saturated rings. The van der Waals surface area contributed by atoms with Crippen molar-refractivity contribution in [1.82, 2.24) is 4.90 Å². The highest BCUT2D eigenvalue weighted by Crippen LogP contribution is 2.40. The first-order valence-electron chi connectivity index (χ1n) is 9.96. The number of benzene rings is 2. The fourth-order valence-electron chi connectivity index (χ4n) is 4.41. The molecule has 4 nitrogen and oxygen atoms in total. The van der Waals surface area contributed by atoms with Crippen LogP contribution in [0.5, 0.6) is 0 Å². The van der Waals surface area contributed by atoms with Crippen LogP contribution >= 0.6 is 23.2 Å². The molecule has 29 heavy (non-hydrogen) atoms. The Morgan fingerprint density at radius 1 is 1.07 bits per heavy atom. The summed E-state index contributed by atoms with van der Waals surface area (Å²) in [7, 11) is 1.46. The number of esters is 1. The number of likely N-dealkylation sites (tertiary alicyclic amines) is 1. The molecule has 0 unspecified atom stereocenters. The van der Waals surface area contributed by atoms with Gasteiger partial charge in [0, 0.05) is 38.6 Å². The molecule has 6 heteroatoms. The molecule has 0 radical (unpaired) electrons. The largest absolute Gasteiger partial charge is 0.469 e. The molecule has 4 rings (SSSR count).